The largest absolute Gasteiger partial charge is 0.284 e. The number of fused-ring (bicyclic) bond motifs is 2. The van der Waals surface area contributed by atoms with Gasteiger partial charge in [0.25, 0.3) is 5.91 Å². The third kappa shape index (κ3) is 3.55. The van der Waals surface area contributed by atoms with E-state index in [1.165, 1.54) is 5.56 Å². The van der Waals surface area contributed by atoms with E-state index in [2.05, 4.69) is 17.1 Å². The van der Waals surface area contributed by atoms with Crippen LogP contribution in [0, 0.1) is 0 Å². The topological polar surface area (TPSA) is 46.1 Å². The fourth-order valence-electron chi connectivity index (χ4n) is 3.58. The van der Waals surface area contributed by atoms with Crippen LogP contribution in [0.5, 0.6) is 0 Å². The normalized spacial score (nSPS) is 11.1. The maximum atomic E-state index is 13.7. The number of amides is 1. The van der Waals surface area contributed by atoms with Crippen molar-refractivity contribution in [2.24, 2.45) is 0 Å². The van der Waals surface area contributed by atoms with Crippen LogP contribution in [-0.4, -0.2) is 22.4 Å². The summed E-state index contributed by atoms with van der Waals surface area (Å²) in [6.45, 7) is 0.555. The monoisotopic (exact) mass is 409 g/mol. The zero-order valence-corrected chi connectivity index (χ0v) is 17.0. The SMILES string of the molecule is O=C(c1cccc2ncccc12)N(CCc1ccccc1)c1nc2ccccc2s1. The summed E-state index contributed by atoms with van der Waals surface area (Å²) >= 11 is 1.55. The van der Waals surface area contributed by atoms with E-state index in [9.17, 15) is 4.79 Å². The van der Waals surface area contributed by atoms with Crippen molar-refractivity contribution in [3.05, 3.63) is 102 Å². The van der Waals surface area contributed by atoms with E-state index < -0.39 is 0 Å². The van der Waals surface area contributed by atoms with E-state index in [-0.39, 0.29) is 5.91 Å². The van der Waals surface area contributed by atoms with Gasteiger partial charge >= 0.3 is 0 Å². The summed E-state index contributed by atoms with van der Waals surface area (Å²) in [6, 6.07) is 27.7. The molecule has 1 amide bonds. The lowest BCUT2D eigenvalue weighted by atomic mass is 10.1. The standard InChI is InChI=1S/C25H19N3OS/c29-24(20-10-6-13-21-19(20)11-7-16-26-21)28(17-15-18-8-2-1-3-9-18)25-27-22-12-4-5-14-23(22)30-25/h1-14,16H,15,17H2. The predicted molar refractivity (Wildman–Crippen MR) is 123 cm³/mol. The number of carbonyl (C=O) groups is 1. The van der Waals surface area contributed by atoms with Gasteiger partial charge in [0.2, 0.25) is 0 Å². The van der Waals surface area contributed by atoms with Crippen molar-refractivity contribution in [2.45, 2.75) is 6.42 Å². The minimum Gasteiger partial charge on any atom is -0.284 e. The van der Waals surface area contributed by atoms with Gasteiger partial charge in [-0.05, 0) is 42.3 Å². The van der Waals surface area contributed by atoms with Crippen LogP contribution in [-0.2, 0) is 6.42 Å². The Morgan fingerprint density at radius 1 is 0.833 bits per heavy atom. The van der Waals surface area contributed by atoms with Crippen LogP contribution in [0.1, 0.15) is 15.9 Å². The third-order valence-electron chi connectivity index (χ3n) is 5.10. The second-order valence-electron chi connectivity index (χ2n) is 7.03. The lowest BCUT2D eigenvalue weighted by Crippen LogP contribution is -2.33. The first-order valence-electron chi connectivity index (χ1n) is 9.85. The molecule has 0 atom stereocenters. The molecule has 146 valence electrons. The predicted octanol–water partition coefficient (Wildman–Crippen LogP) is 5.73. The number of nitrogens with zero attached hydrogens (tertiary/aromatic N) is 3. The summed E-state index contributed by atoms with van der Waals surface area (Å²) in [7, 11) is 0. The number of aromatic nitrogens is 2. The summed E-state index contributed by atoms with van der Waals surface area (Å²) in [5, 5.41) is 1.58. The Kier molecular flexibility index (Phi) is 4.95. The quantitative estimate of drug-likeness (QED) is 0.372. The molecule has 0 aliphatic rings. The Balaban J connectivity index is 1.56. The van der Waals surface area contributed by atoms with Gasteiger partial charge in [-0.3, -0.25) is 14.7 Å². The Bertz CT molecular complexity index is 1290. The number of pyridine rings is 1. The van der Waals surface area contributed by atoms with E-state index in [0.717, 1.165) is 32.7 Å². The first kappa shape index (κ1) is 18.5. The molecule has 0 radical (unpaired) electrons. The van der Waals surface area contributed by atoms with Crippen LogP contribution in [0.4, 0.5) is 5.13 Å². The fraction of sp³-hybridized carbons (Fsp3) is 0.0800. The number of para-hydroxylation sites is 1. The highest BCUT2D eigenvalue weighted by Crippen LogP contribution is 2.30. The average molecular weight is 410 g/mol. The first-order chi connectivity index (χ1) is 14.8. The molecule has 0 saturated heterocycles. The van der Waals surface area contributed by atoms with Gasteiger partial charge in [0, 0.05) is 23.7 Å². The minimum atomic E-state index is -0.0522. The molecule has 0 aliphatic carbocycles. The summed E-state index contributed by atoms with van der Waals surface area (Å²) < 4.78 is 1.07. The highest BCUT2D eigenvalue weighted by molar-refractivity contribution is 7.22. The number of benzene rings is 3. The number of rotatable bonds is 5. The maximum absolute atomic E-state index is 13.7. The van der Waals surface area contributed by atoms with Crippen LogP contribution in [0.25, 0.3) is 21.1 Å². The zero-order chi connectivity index (χ0) is 20.3. The molecule has 30 heavy (non-hydrogen) atoms. The van der Waals surface area contributed by atoms with Gasteiger partial charge in [-0.25, -0.2) is 4.98 Å². The molecular formula is C25H19N3OS. The highest BCUT2D eigenvalue weighted by Gasteiger charge is 2.23. The van der Waals surface area contributed by atoms with E-state index in [0.29, 0.717) is 12.1 Å². The molecule has 4 nitrogen and oxygen atoms in total. The van der Waals surface area contributed by atoms with E-state index in [1.54, 1.807) is 22.4 Å². The van der Waals surface area contributed by atoms with Crippen molar-refractivity contribution < 1.29 is 4.79 Å². The lowest BCUT2D eigenvalue weighted by molar-refractivity contribution is 0.0989. The molecule has 0 N–H and O–H groups in total. The highest BCUT2D eigenvalue weighted by atomic mass is 32.1. The Hall–Kier alpha value is -3.57. The summed E-state index contributed by atoms with van der Waals surface area (Å²) in [5.74, 6) is -0.0522. The van der Waals surface area contributed by atoms with Gasteiger partial charge < -0.3 is 0 Å². The molecule has 0 aliphatic heterocycles. The van der Waals surface area contributed by atoms with Crippen molar-refractivity contribution in [1.29, 1.82) is 0 Å². The third-order valence-corrected chi connectivity index (χ3v) is 6.16. The number of anilines is 1. The molecule has 5 rings (SSSR count). The van der Waals surface area contributed by atoms with Gasteiger partial charge in [0.15, 0.2) is 5.13 Å². The van der Waals surface area contributed by atoms with Gasteiger partial charge in [-0.2, -0.15) is 0 Å². The molecule has 0 unspecified atom stereocenters. The van der Waals surface area contributed by atoms with Crippen LogP contribution in [0.3, 0.4) is 0 Å². The van der Waals surface area contributed by atoms with E-state index in [4.69, 9.17) is 4.98 Å². The van der Waals surface area contributed by atoms with Crippen molar-refractivity contribution in [3.63, 3.8) is 0 Å². The van der Waals surface area contributed by atoms with Crippen molar-refractivity contribution in [3.8, 4) is 0 Å². The lowest BCUT2D eigenvalue weighted by Gasteiger charge is -2.21. The van der Waals surface area contributed by atoms with Crippen molar-refractivity contribution >= 4 is 43.5 Å². The van der Waals surface area contributed by atoms with Crippen LogP contribution >= 0.6 is 11.3 Å². The number of thiazole rings is 1. The Morgan fingerprint density at radius 3 is 2.50 bits per heavy atom. The van der Waals surface area contributed by atoms with Crippen LogP contribution in [0.2, 0.25) is 0 Å². The molecular weight excluding hydrogens is 390 g/mol. The summed E-state index contributed by atoms with van der Waals surface area (Å²) in [5.41, 5.74) is 3.56. The van der Waals surface area contributed by atoms with Gasteiger partial charge in [0.05, 0.1) is 15.7 Å². The molecule has 0 fully saturated rings. The summed E-state index contributed by atoms with van der Waals surface area (Å²) in [6.07, 6.45) is 2.50. The van der Waals surface area contributed by atoms with Gasteiger partial charge in [-0.15, -0.1) is 0 Å². The second kappa shape index (κ2) is 8.05. The van der Waals surface area contributed by atoms with E-state index in [1.807, 2.05) is 72.8 Å². The van der Waals surface area contributed by atoms with Crippen LogP contribution in [0.15, 0.2) is 91.1 Å². The first-order valence-corrected chi connectivity index (χ1v) is 10.7. The minimum absolute atomic E-state index is 0.0522. The van der Waals surface area contributed by atoms with Crippen molar-refractivity contribution in [2.75, 3.05) is 11.4 Å². The molecule has 0 bridgehead atoms. The van der Waals surface area contributed by atoms with Crippen LogP contribution < -0.4 is 4.90 Å². The second-order valence-corrected chi connectivity index (χ2v) is 8.04. The molecule has 5 aromatic rings. The zero-order valence-electron chi connectivity index (χ0n) is 16.2. The molecule has 2 heterocycles. The Morgan fingerprint density at radius 2 is 1.63 bits per heavy atom. The van der Waals surface area contributed by atoms with Gasteiger partial charge in [0.1, 0.15) is 0 Å². The summed E-state index contributed by atoms with van der Waals surface area (Å²) in [4.78, 5) is 24.7. The maximum Gasteiger partial charge on any atom is 0.260 e. The number of hydrogen-bond acceptors (Lipinski definition) is 4. The number of carbonyl (C=O) groups excluding carboxylic acids is 1. The smallest absolute Gasteiger partial charge is 0.260 e. The average Bonchev–Trinajstić information content (AvgIpc) is 3.23. The molecule has 0 spiro atoms. The molecule has 2 aromatic heterocycles. The van der Waals surface area contributed by atoms with Gasteiger partial charge in [-0.1, -0.05) is 65.9 Å². The fourth-order valence-corrected chi connectivity index (χ4v) is 4.57. The Labute approximate surface area is 178 Å². The number of hydrogen-bond donors (Lipinski definition) is 0. The van der Waals surface area contributed by atoms with Crippen molar-refractivity contribution in [1.82, 2.24) is 9.97 Å². The molecule has 3 aromatic carbocycles. The molecule has 5 heteroatoms. The van der Waals surface area contributed by atoms with E-state index >= 15 is 0 Å². The molecule has 0 saturated carbocycles.